The predicted octanol–water partition coefficient (Wildman–Crippen LogP) is 1.60. The zero-order valence-corrected chi connectivity index (χ0v) is 7.41. The van der Waals surface area contributed by atoms with Crippen molar-refractivity contribution in [2.45, 2.75) is 11.8 Å². The average Bonchev–Trinajstić information content (AvgIpc) is 2.17. The van der Waals surface area contributed by atoms with Crippen LogP contribution in [0.2, 0.25) is 0 Å². The van der Waals surface area contributed by atoms with Crippen LogP contribution in [0, 0.1) is 0 Å². The molecule has 0 saturated carbocycles. The zero-order valence-electron chi connectivity index (χ0n) is 6.60. The van der Waals surface area contributed by atoms with Crippen LogP contribution in [-0.2, 0) is 11.2 Å². The second kappa shape index (κ2) is 4.13. The lowest BCUT2D eigenvalue weighted by atomic mass is 10.4. The molecule has 1 aromatic rings. The Morgan fingerprint density at radius 2 is 2.00 bits per heavy atom. The highest BCUT2D eigenvalue weighted by Crippen LogP contribution is 2.11. The Kier molecular flexibility index (Phi) is 3.13. The van der Waals surface area contributed by atoms with Crippen molar-refractivity contribution in [2.24, 2.45) is 5.16 Å². The van der Waals surface area contributed by atoms with Crippen molar-refractivity contribution >= 4 is 16.2 Å². The Balaban J connectivity index is 2.86. The van der Waals surface area contributed by atoms with Gasteiger partial charge in [-0.25, -0.2) is 0 Å². The number of hydrogen-bond donors (Lipinski definition) is 1. The van der Waals surface area contributed by atoms with E-state index in [1.807, 2.05) is 6.07 Å². The first-order valence-electron chi connectivity index (χ1n) is 3.41. The molecule has 0 spiro atoms. The molecule has 1 aromatic carbocycles. The van der Waals surface area contributed by atoms with E-state index in [1.165, 1.54) is 6.92 Å². The van der Waals surface area contributed by atoms with E-state index in [-0.39, 0.29) is 5.04 Å². The Bertz CT molecular complexity index is 274. The fraction of sp³-hybridized carbons (Fsp3) is 0.125. The van der Waals surface area contributed by atoms with Crippen LogP contribution in [0.3, 0.4) is 0 Å². The monoisotopic (exact) mass is 183 g/mol. The van der Waals surface area contributed by atoms with Crippen LogP contribution in [0.5, 0.6) is 0 Å². The van der Waals surface area contributed by atoms with Gasteiger partial charge >= 0.3 is 0 Å². The minimum Gasteiger partial charge on any atom is -0.605 e. The Hall–Kier alpha value is -1.00. The highest BCUT2D eigenvalue weighted by Gasteiger charge is 2.14. The minimum atomic E-state index is -1.33. The van der Waals surface area contributed by atoms with Gasteiger partial charge in [-0.1, -0.05) is 18.2 Å². The topological polar surface area (TPSA) is 55.7 Å². The Labute approximate surface area is 73.9 Å². The summed E-state index contributed by atoms with van der Waals surface area (Å²) in [7, 11) is 0. The van der Waals surface area contributed by atoms with Crippen LogP contribution in [0.15, 0.2) is 40.4 Å². The van der Waals surface area contributed by atoms with Crippen LogP contribution >= 0.6 is 0 Å². The van der Waals surface area contributed by atoms with E-state index in [2.05, 4.69) is 5.16 Å². The zero-order chi connectivity index (χ0) is 8.97. The van der Waals surface area contributed by atoms with Crippen LogP contribution in [0.25, 0.3) is 0 Å². The van der Waals surface area contributed by atoms with Gasteiger partial charge in [0.1, 0.15) is 0 Å². The van der Waals surface area contributed by atoms with Crippen molar-refractivity contribution in [3.8, 4) is 0 Å². The van der Waals surface area contributed by atoms with Gasteiger partial charge in [0.05, 0.1) is 0 Å². The van der Waals surface area contributed by atoms with E-state index in [0.29, 0.717) is 4.90 Å². The summed E-state index contributed by atoms with van der Waals surface area (Å²) in [4.78, 5) is 0.646. The molecule has 1 atom stereocenters. The molecule has 1 unspecified atom stereocenters. The minimum absolute atomic E-state index is 0.209. The number of nitrogens with zero attached hydrogens (tertiary/aromatic N) is 1. The van der Waals surface area contributed by atoms with Gasteiger partial charge in [0.2, 0.25) is 0 Å². The lowest BCUT2D eigenvalue weighted by Crippen LogP contribution is -2.11. The second-order valence-electron chi connectivity index (χ2n) is 2.20. The summed E-state index contributed by atoms with van der Waals surface area (Å²) in [6.07, 6.45) is 0. The van der Waals surface area contributed by atoms with Gasteiger partial charge in [0, 0.05) is 18.1 Å². The van der Waals surface area contributed by atoms with Crippen molar-refractivity contribution in [3.63, 3.8) is 0 Å². The van der Waals surface area contributed by atoms with E-state index >= 15 is 0 Å². The predicted molar refractivity (Wildman–Crippen MR) is 47.7 cm³/mol. The van der Waals surface area contributed by atoms with E-state index in [9.17, 15) is 4.55 Å². The molecule has 1 N–H and O–H groups in total. The van der Waals surface area contributed by atoms with Crippen molar-refractivity contribution < 1.29 is 9.76 Å². The molecular weight excluding hydrogens is 174 g/mol. The third kappa shape index (κ3) is 1.99. The molecule has 0 heterocycles. The van der Waals surface area contributed by atoms with E-state index < -0.39 is 11.2 Å². The molecule has 0 radical (unpaired) electrons. The number of benzene rings is 1. The molecule has 0 fully saturated rings. The van der Waals surface area contributed by atoms with Gasteiger partial charge in [0.25, 0.3) is 5.04 Å². The number of rotatable bonds is 1. The smallest absolute Gasteiger partial charge is 0.257 e. The van der Waals surface area contributed by atoms with E-state index in [1.54, 1.807) is 24.3 Å². The van der Waals surface area contributed by atoms with E-state index in [0.717, 1.165) is 0 Å². The molecule has 4 heteroatoms. The molecule has 3 nitrogen and oxygen atoms in total. The maximum absolute atomic E-state index is 11.4. The second-order valence-corrected chi connectivity index (χ2v) is 3.80. The molecule has 0 aromatic heterocycles. The van der Waals surface area contributed by atoms with Crippen molar-refractivity contribution in [2.75, 3.05) is 0 Å². The molecule has 0 aliphatic carbocycles. The first-order valence-corrected chi connectivity index (χ1v) is 4.56. The molecule has 0 aliphatic heterocycles. The summed E-state index contributed by atoms with van der Waals surface area (Å²) in [6.45, 7) is 1.52. The third-order valence-electron chi connectivity index (χ3n) is 1.37. The third-order valence-corrected chi connectivity index (χ3v) is 2.68. The number of oxime groups is 1. The van der Waals surface area contributed by atoms with Gasteiger partial charge in [-0.3, -0.25) is 0 Å². The molecular formula is C8H9NO2S. The SMILES string of the molecule is CC(=NO)[S+]([O-])c1ccccc1. The van der Waals surface area contributed by atoms with Crippen LogP contribution in [0.1, 0.15) is 6.92 Å². The first-order chi connectivity index (χ1) is 5.75. The normalized spacial score (nSPS) is 14.3. The highest BCUT2D eigenvalue weighted by atomic mass is 32.2. The van der Waals surface area contributed by atoms with Crippen molar-refractivity contribution in [3.05, 3.63) is 30.3 Å². The van der Waals surface area contributed by atoms with Crippen LogP contribution in [-0.4, -0.2) is 14.8 Å². The van der Waals surface area contributed by atoms with Crippen molar-refractivity contribution in [1.82, 2.24) is 0 Å². The molecule has 0 amide bonds. The van der Waals surface area contributed by atoms with Gasteiger partial charge in [0.15, 0.2) is 4.90 Å². The van der Waals surface area contributed by atoms with Gasteiger partial charge in [-0.2, -0.15) is 0 Å². The lowest BCUT2D eigenvalue weighted by molar-refractivity contribution is 0.320. The van der Waals surface area contributed by atoms with Gasteiger partial charge in [-0.05, 0) is 17.3 Å². The number of hydrogen-bond acceptors (Lipinski definition) is 3. The summed E-state index contributed by atoms with van der Waals surface area (Å²) >= 11 is -1.33. The van der Waals surface area contributed by atoms with E-state index in [4.69, 9.17) is 5.21 Å². The van der Waals surface area contributed by atoms with Crippen LogP contribution < -0.4 is 0 Å². The fourth-order valence-electron chi connectivity index (χ4n) is 0.752. The van der Waals surface area contributed by atoms with Crippen molar-refractivity contribution in [1.29, 1.82) is 0 Å². The quantitative estimate of drug-likeness (QED) is 0.236. The largest absolute Gasteiger partial charge is 0.605 e. The average molecular weight is 183 g/mol. The lowest BCUT2D eigenvalue weighted by Gasteiger charge is -2.06. The standard InChI is InChI=1S/C8H9NO2S/c1-7(9-10)12(11)8-5-3-2-4-6-8/h2-6,10H,1H3. The summed E-state index contributed by atoms with van der Waals surface area (Å²) in [5, 5.41) is 11.5. The van der Waals surface area contributed by atoms with Gasteiger partial charge in [-0.15, -0.1) is 0 Å². The molecule has 12 heavy (non-hydrogen) atoms. The maximum atomic E-state index is 11.4. The summed E-state index contributed by atoms with van der Waals surface area (Å²) in [6, 6.07) is 8.87. The molecule has 64 valence electrons. The Morgan fingerprint density at radius 3 is 2.50 bits per heavy atom. The summed E-state index contributed by atoms with van der Waals surface area (Å²) in [5.74, 6) is 0. The summed E-state index contributed by atoms with van der Waals surface area (Å²) < 4.78 is 11.4. The molecule has 0 aliphatic rings. The molecule has 1 rings (SSSR count). The molecule has 0 bridgehead atoms. The van der Waals surface area contributed by atoms with Crippen LogP contribution in [0.4, 0.5) is 0 Å². The maximum Gasteiger partial charge on any atom is 0.257 e. The molecule has 0 saturated heterocycles. The summed E-state index contributed by atoms with van der Waals surface area (Å²) in [5.41, 5.74) is 0. The first kappa shape index (κ1) is 9.09. The Morgan fingerprint density at radius 1 is 1.42 bits per heavy atom. The fourth-order valence-corrected chi connectivity index (χ4v) is 1.57. The highest BCUT2D eigenvalue weighted by molar-refractivity contribution is 8.06. The van der Waals surface area contributed by atoms with Gasteiger partial charge < -0.3 is 9.76 Å².